The third-order valence-electron chi connectivity index (χ3n) is 3.85. The van der Waals surface area contributed by atoms with Crippen molar-refractivity contribution in [2.45, 2.75) is 45.6 Å². The molecule has 1 N–H and O–H groups in total. The van der Waals surface area contributed by atoms with E-state index in [-0.39, 0.29) is 6.54 Å². The SMILES string of the molecule is C=CCN(CC(=O)O)C1CCCC(C(C)C)C1. The van der Waals surface area contributed by atoms with Crippen molar-refractivity contribution in [3.63, 3.8) is 0 Å². The summed E-state index contributed by atoms with van der Waals surface area (Å²) in [6, 6.07) is 0.422. The van der Waals surface area contributed by atoms with E-state index in [1.54, 1.807) is 0 Å². The summed E-state index contributed by atoms with van der Waals surface area (Å²) in [5, 5.41) is 8.94. The maximum absolute atomic E-state index is 10.9. The number of aliphatic carboxylic acids is 1. The van der Waals surface area contributed by atoms with Gasteiger partial charge in [-0.3, -0.25) is 9.69 Å². The number of nitrogens with zero attached hydrogens (tertiary/aromatic N) is 1. The molecule has 0 aromatic heterocycles. The van der Waals surface area contributed by atoms with Crippen molar-refractivity contribution in [1.82, 2.24) is 4.90 Å². The first-order valence-corrected chi connectivity index (χ1v) is 6.61. The first kappa shape index (κ1) is 14.2. The van der Waals surface area contributed by atoms with Crippen LogP contribution in [0.1, 0.15) is 39.5 Å². The zero-order chi connectivity index (χ0) is 12.8. The molecule has 3 nitrogen and oxygen atoms in total. The molecule has 0 amide bonds. The molecule has 1 rings (SSSR count). The van der Waals surface area contributed by atoms with Gasteiger partial charge in [0.15, 0.2) is 0 Å². The maximum Gasteiger partial charge on any atom is 0.317 e. The molecule has 1 saturated carbocycles. The summed E-state index contributed by atoms with van der Waals surface area (Å²) in [5.74, 6) is 0.710. The van der Waals surface area contributed by atoms with E-state index in [9.17, 15) is 4.79 Å². The van der Waals surface area contributed by atoms with E-state index in [0.29, 0.717) is 18.5 Å². The number of rotatable bonds is 6. The van der Waals surface area contributed by atoms with Crippen LogP contribution >= 0.6 is 0 Å². The van der Waals surface area contributed by atoms with Crippen molar-refractivity contribution in [3.8, 4) is 0 Å². The lowest BCUT2D eigenvalue weighted by Gasteiger charge is -2.37. The molecule has 0 heterocycles. The van der Waals surface area contributed by atoms with Gasteiger partial charge in [0.2, 0.25) is 0 Å². The Hall–Kier alpha value is -0.830. The lowest BCUT2D eigenvalue weighted by Crippen LogP contribution is -2.42. The molecular weight excluding hydrogens is 214 g/mol. The first-order chi connectivity index (χ1) is 8.04. The van der Waals surface area contributed by atoms with Crippen molar-refractivity contribution in [2.24, 2.45) is 11.8 Å². The monoisotopic (exact) mass is 239 g/mol. The molecule has 0 bridgehead atoms. The molecule has 17 heavy (non-hydrogen) atoms. The van der Waals surface area contributed by atoms with Crippen LogP contribution in [-0.2, 0) is 4.79 Å². The molecule has 0 saturated heterocycles. The van der Waals surface area contributed by atoms with Crippen LogP contribution in [0.5, 0.6) is 0 Å². The average molecular weight is 239 g/mol. The predicted octanol–water partition coefficient (Wildman–Crippen LogP) is 2.77. The van der Waals surface area contributed by atoms with Crippen molar-refractivity contribution in [1.29, 1.82) is 0 Å². The standard InChI is InChI=1S/C14H25NO2/c1-4-8-15(10-14(16)17)13-7-5-6-12(9-13)11(2)3/h4,11-13H,1,5-10H2,2-3H3,(H,16,17). The van der Waals surface area contributed by atoms with E-state index in [0.717, 1.165) is 18.8 Å². The first-order valence-electron chi connectivity index (χ1n) is 6.61. The van der Waals surface area contributed by atoms with E-state index in [4.69, 9.17) is 5.11 Å². The fraction of sp³-hybridized carbons (Fsp3) is 0.786. The molecule has 0 spiro atoms. The second kappa shape index (κ2) is 6.80. The fourth-order valence-electron chi connectivity index (χ4n) is 2.82. The number of carboxylic acids is 1. The predicted molar refractivity (Wildman–Crippen MR) is 70.0 cm³/mol. The lowest BCUT2D eigenvalue weighted by molar-refractivity contribution is -0.139. The summed E-state index contributed by atoms with van der Waals surface area (Å²) in [5.41, 5.74) is 0. The van der Waals surface area contributed by atoms with E-state index in [1.165, 1.54) is 12.8 Å². The zero-order valence-corrected chi connectivity index (χ0v) is 11.1. The van der Waals surface area contributed by atoms with Crippen LogP contribution < -0.4 is 0 Å². The van der Waals surface area contributed by atoms with Crippen molar-refractivity contribution in [3.05, 3.63) is 12.7 Å². The minimum absolute atomic E-state index is 0.140. The van der Waals surface area contributed by atoms with Gasteiger partial charge in [0.05, 0.1) is 6.54 Å². The molecule has 3 heteroatoms. The highest BCUT2D eigenvalue weighted by molar-refractivity contribution is 5.69. The van der Waals surface area contributed by atoms with Crippen LogP contribution in [0.15, 0.2) is 12.7 Å². The normalized spacial score (nSPS) is 25.2. The summed E-state index contributed by atoms with van der Waals surface area (Å²) < 4.78 is 0. The Kier molecular flexibility index (Phi) is 5.69. The molecule has 1 aliphatic carbocycles. The van der Waals surface area contributed by atoms with Gasteiger partial charge >= 0.3 is 5.97 Å². The van der Waals surface area contributed by atoms with Gasteiger partial charge in [-0.15, -0.1) is 6.58 Å². The summed E-state index contributed by atoms with van der Waals surface area (Å²) >= 11 is 0. The molecule has 0 aromatic rings. The second-order valence-electron chi connectivity index (χ2n) is 5.44. The highest BCUT2D eigenvalue weighted by atomic mass is 16.4. The molecule has 1 fully saturated rings. The van der Waals surface area contributed by atoms with Gasteiger partial charge in [0, 0.05) is 12.6 Å². The third-order valence-corrected chi connectivity index (χ3v) is 3.85. The van der Waals surface area contributed by atoms with E-state index in [2.05, 4.69) is 25.3 Å². The van der Waals surface area contributed by atoms with Gasteiger partial charge in [-0.05, 0) is 24.7 Å². The maximum atomic E-state index is 10.9. The molecule has 0 radical (unpaired) electrons. The Morgan fingerprint density at radius 3 is 2.76 bits per heavy atom. The Labute approximate surface area is 105 Å². The highest BCUT2D eigenvalue weighted by Crippen LogP contribution is 2.32. The molecule has 2 atom stereocenters. The topological polar surface area (TPSA) is 40.5 Å². The lowest BCUT2D eigenvalue weighted by atomic mass is 9.79. The number of hydrogen-bond donors (Lipinski definition) is 1. The minimum Gasteiger partial charge on any atom is -0.480 e. The Bertz CT molecular complexity index is 263. The van der Waals surface area contributed by atoms with Crippen molar-refractivity contribution < 1.29 is 9.90 Å². The number of carbonyl (C=O) groups is 1. The van der Waals surface area contributed by atoms with Crippen LogP contribution in [0, 0.1) is 11.8 Å². The average Bonchev–Trinajstić information content (AvgIpc) is 2.28. The van der Waals surface area contributed by atoms with Gasteiger partial charge in [-0.2, -0.15) is 0 Å². The van der Waals surface area contributed by atoms with E-state index >= 15 is 0 Å². The summed E-state index contributed by atoms with van der Waals surface area (Å²) in [7, 11) is 0. The number of hydrogen-bond acceptors (Lipinski definition) is 2. The van der Waals surface area contributed by atoms with Gasteiger partial charge in [0.25, 0.3) is 0 Å². The van der Waals surface area contributed by atoms with Crippen LogP contribution in [0.25, 0.3) is 0 Å². The molecule has 0 aliphatic heterocycles. The van der Waals surface area contributed by atoms with Crippen LogP contribution in [-0.4, -0.2) is 35.1 Å². The smallest absolute Gasteiger partial charge is 0.317 e. The number of carboxylic acid groups (broad SMARTS) is 1. The Morgan fingerprint density at radius 1 is 1.53 bits per heavy atom. The second-order valence-corrected chi connectivity index (χ2v) is 5.44. The van der Waals surface area contributed by atoms with Crippen molar-refractivity contribution >= 4 is 5.97 Å². The van der Waals surface area contributed by atoms with Crippen molar-refractivity contribution in [2.75, 3.05) is 13.1 Å². The van der Waals surface area contributed by atoms with Gasteiger partial charge in [-0.25, -0.2) is 0 Å². The van der Waals surface area contributed by atoms with Gasteiger partial charge in [-0.1, -0.05) is 32.8 Å². The Balaban J connectivity index is 2.59. The zero-order valence-electron chi connectivity index (χ0n) is 11.1. The van der Waals surface area contributed by atoms with E-state index < -0.39 is 5.97 Å². The summed E-state index contributed by atoms with van der Waals surface area (Å²) in [6.07, 6.45) is 6.59. The summed E-state index contributed by atoms with van der Waals surface area (Å²) in [4.78, 5) is 12.9. The minimum atomic E-state index is -0.737. The third kappa shape index (κ3) is 4.50. The fourth-order valence-corrected chi connectivity index (χ4v) is 2.82. The molecule has 98 valence electrons. The van der Waals surface area contributed by atoms with Crippen LogP contribution in [0.3, 0.4) is 0 Å². The highest BCUT2D eigenvalue weighted by Gasteiger charge is 2.28. The van der Waals surface area contributed by atoms with Crippen LogP contribution in [0.4, 0.5) is 0 Å². The molecule has 2 unspecified atom stereocenters. The molecular formula is C14H25NO2. The van der Waals surface area contributed by atoms with E-state index in [1.807, 2.05) is 6.08 Å². The van der Waals surface area contributed by atoms with Gasteiger partial charge in [0.1, 0.15) is 0 Å². The molecule has 0 aromatic carbocycles. The quantitative estimate of drug-likeness (QED) is 0.725. The Morgan fingerprint density at radius 2 is 2.24 bits per heavy atom. The van der Waals surface area contributed by atoms with Gasteiger partial charge < -0.3 is 5.11 Å². The summed E-state index contributed by atoms with van der Waals surface area (Å²) in [6.45, 7) is 9.08. The largest absolute Gasteiger partial charge is 0.480 e. The molecule has 1 aliphatic rings. The van der Waals surface area contributed by atoms with Crippen LogP contribution in [0.2, 0.25) is 0 Å².